The second-order valence-electron chi connectivity index (χ2n) is 7.63. The molecule has 0 radical (unpaired) electrons. The molecule has 0 amide bonds. The van der Waals surface area contributed by atoms with Crippen LogP contribution in [0.4, 0.5) is 5.82 Å². The van der Waals surface area contributed by atoms with Gasteiger partial charge < -0.3 is 9.32 Å². The van der Waals surface area contributed by atoms with Gasteiger partial charge in [-0.05, 0) is 13.3 Å². The minimum atomic E-state index is 0.363. The molecule has 8 heteroatoms. The van der Waals surface area contributed by atoms with Gasteiger partial charge in [0.15, 0.2) is 12.2 Å². The van der Waals surface area contributed by atoms with E-state index in [2.05, 4.69) is 43.8 Å². The van der Waals surface area contributed by atoms with Crippen LogP contribution in [-0.2, 0) is 6.54 Å². The Hall–Kier alpha value is -2.48. The van der Waals surface area contributed by atoms with E-state index in [0.29, 0.717) is 18.0 Å². The van der Waals surface area contributed by atoms with Gasteiger partial charge in [0, 0.05) is 50.0 Å². The number of rotatable bonds is 4. The van der Waals surface area contributed by atoms with Crippen LogP contribution in [0.2, 0.25) is 0 Å². The Labute approximate surface area is 151 Å². The lowest BCUT2D eigenvalue weighted by atomic mass is 10.1. The summed E-state index contributed by atoms with van der Waals surface area (Å²) in [4.78, 5) is 14.0. The standard InChI is InChI=1S/C18H23N7O/c1-11(2)16-15(20-10-26-16)9-23-7-14-6-13(23)8-25(14)17-18-22-21-12(3)24(18)5-4-19-17/h4-5,10-11,13-14H,6-9H2,1-3H3. The van der Waals surface area contributed by atoms with Crippen molar-refractivity contribution in [3.05, 3.63) is 36.1 Å². The number of nitrogens with zero attached hydrogens (tertiary/aromatic N) is 7. The molecule has 8 nitrogen and oxygen atoms in total. The number of aryl methyl sites for hydroxylation is 1. The highest BCUT2D eigenvalue weighted by molar-refractivity contribution is 5.65. The molecule has 3 aromatic heterocycles. The molecule has 0 N–H and O–H groups in total. The smallest absolute Gasteiger partial charge is 0.203 e. The predicted molar refractivity (Wildman–Crippen MR) is 96.1 cm³/mol. The third-order valence-electron chi connectivity index (χ3n) is 5.65. The van der Waals surface area contributed by atoms with E-state index in [1.54, 1.807) is 6.39 Å². The van der Waals surface area contributed by atoms with Crippen LogP contribution in [0, 0.1) is 6.92 Å². The fourth-order valence-corrected chi connectivity index (χ4v) is 4.39. The van der Waals surface area contributed by atoms with Crippen molar-refractivity contribution < 1.29 is 4.42 Å². The second kappa shape index (κ2) is 5.77. The van der Waals surface area contributed by atoms with E-state index in [-0.39, 0.29) is 0 Å². The number of piperazine rings is 1. The molecular formula is C18H23N7O. The Morgan fingerprint density at radius 1 is 1.19 bits per heavy atom. The summed E-state index contributed by atoms with van der Waals surface area (Å²) < 4.78 is 7.59. The van der Waals surface area contributed by atoms with Crippen LogP contribution in [0.25, 0.3) is 5.65 Å². The number of fused-ring (bicyclic) bond motifs is 3. The van der Waals surface area contributed by atoms with Gasteiger partial charge in [-0.1, -0.05) is 13.8 Å². The Bertz CT molecular complexity index is 946. The molecule has 0 aromatic carbocycles. The lowest BCUT2D eigenvalue weighted by Gasteiger charge is -2.34. The molecule has 5 heterocycles. The summed E-state index contributed by atoms with van der Waals surface area (Å²) in [5.74, 6) is 3.21. The number of anilines is 1. The molecule has 0 aliphatic carbocycles. The van der Waals surface area contributed by atoms with Gasteiger partial charge in [0.25, 0.3) is 0 Å². The second-order valence-corrected chi connectivity index (χ2v) is 7.63. The highest BCUT2D eigenvalue weighted by Gasteiger charge is 2.44. The summed E-state index contributed by atoms with van der Waals surface area (Å²) in [6, 6.07) is 0.980. The maximum atomic E-state index is 5.58. The summed E-state index contributed by atoms with van der Waals surface area (Å²) in [5, 5.41) is 8.53. The summed E-state index contributed by atoms with van der Waals surface area (Å²) in [6.45, 7) is 9.11. The normalized spacial score (nSPS) is 23.0. The fourth-order valence-electron chi connectivity index (χ4n) is 4.39. The topological polar surface area (TPSA) is 75.6 Å². The minimum Gasteiger partial charge on any atom is -0.448 e. The van der Waals surface area contributed by atoms with E-state index in [9.17, 15) is 0 Å². The summed E-state index contributed by atoms with van der Waals surface area (Å²) in [5.41, 5.74) is 1.93. The van der Waals surface area contributed by atoms with Crippen LogP contribution >= 0.6 is 0 Å². The SMILES string of the molecule is Cc1nnc2c(N3CC4CC3CN4Cc3ncoc3C(C)C)nccn12. The highest BCUT2D eigenvalue weighted by atomic mass is 16.3. The quantitative estimate of drug-likeness (QED) is 0.710. The molecule has 5 rings (SSSR count). The van der Waals surface area contributed by atoms with E-state index < -0.39 is 0 Å². The first-order chi connectivity index (χ1) is 12.6. The van der Waals surface area contributed by atoms with Crippen LogP contribution in [-0.4, -0.2) is 54.6 Å². The predicted octanol–water partition coefficient (Wildman–Crippen LogP) is 2.01. The van der Waals surface area contributed by atoms with Crippen LogP contribution in [0.3, 0.4) is 0 Å². The van der Waals surface area contributed by atoms with E-state index in [0.717, 1.165) is 54.8 Å². The summed E-state index contributed by atoms with van der Waals surface area (Å²) in [6.07, 6.45) is 6.49. The lowest BCUT2D eigenvalue weighted by Crippen LogP contribution is -2.46. The molecule has 2 atom stereocenters. The van der Waals surface area contributed by atoms with E-state index in [1.807, 2.05) is 23.7 Å². The van der Waals surface area contributed by atoms with Crippen LogP contribution < -0.4 is 4.90 Å². The maximum absolute atomic E-state index is 5.58. The molecular weight excluding hydrogens is 330 g/mol. The monoisotopic (exact) mass is 353 g/mol. The van der Waals surface area contributed by atoms with Crippen molar-refractivity contribution >= 4 is 11.5 Å². The first kappa shape index (κ1) is 15.7. The van der Waals surface area contributed by atoms with Crippen LogP contribution in [0.5, 0.6) is 0 Å². The first-order valence-corrected chi connectivity index (χ1v) is 9.21. The molecule has 2 saturated heterocycles. The van der Waals surface area contributed by atoms with Gasteiger partial charge >= 0.3 is 0 Å². The number of likely N-dealkylation sites (tertiary alicyclic amines) is 1. The average Bonchev–Trinajstić information content (AvgIpc) is 3.39. The Morgan fingerprint density at radius 3 is 2.85 bits per heavy atom. The molecule has 0 saturated carbocycles. The third-order valence-corrected chi connectivity index (χ3v) is 5.65. The van der Waals surface area contributed by atoms with Crippen molar-refractivity contribution in [1.29, 1.82) is 0 Å². The van der Waals surface area contributed by atoms with Gasteiger partial charge in [-0.2, -0.15) is 0 Å². The van der Waals surface area contributed by atoms with E-state index >= 15 is 0 Å². The first-order valence-electron chi connectivity index (χ1n) is 9.21. The molecule has 2 fully saturated rings. The zero-order chi connectivity index (χ0) is 17.8. The number of hydrogen-bond donors (Lipinski definition) is 0. The highest BCUT2D eigenvalue weighted by Crippen LogP contribution is 2.36. The summed E-state index contributed by atoms with van der Waals surface area (Å²) >= 11 is 0. The Balaban J connectivity index is 1.36. The molecule has 3 aromatic rings. The number of aromatic nitrogens is 5. The Kier molecular flexibility index (Phi) is 3.49. The number of oxazole rings is 1. The van der Waals surface area contributed by atoms with Gasteiger partial charge in [0.1, 0.15) is 11.6 Å². The third kappa shape index (κ3) is 2.32. The van der Waals surface area contributed by atoms with Gasteiger partial charge in [-0.3, -0.25) is 9.30 Å². The average molecular weight is 353 g/mol. The van der Waals surface area contributed by atoms with Crippen LogP contribution in [0.15, 0.2) is 23.2 Å². The molecule has 26 heavy (non-hydrogen) atoms. The van der Waals surface area contributed by atoms with E-state index in [1.165, 1.54) is 0 Å². The molecule has 136 valence electrons. The van der Waals surface area contributed by atoms with Crippen LogP contribution in [0.1, 0.15) is 43.5 Å². The van der Waals surface area contributed by atoms with Crippen molar-refractivity contribution in [2.45, 2.75) is 51.7 Å². The maximum Gasteiger partial charge on any atom is 0.203 e. The van der Waals surface area contributed by atoms with Crippen molar-refractivity contribution in [2.24, 2.45) is 0 Å². The van der Waals surface area contributed by atoms with Crippen molar-refractivity contribution in [3.8, 4) is 0 Å². The fraction of sp³-hybridized carbons (Fsp3) is 0.556. The van der Waals surface area contributed by atoms with Gasteiger partial charge in [0.05, 0.1) is 5.69 Å². The molecule has 2 aliphatic rings. The zero-order valence-electron chi connectivity index (χ0n) is 15.3. The molecule has 2 unspecified atom stereocenters. The van der Waals surface area contributed by atoms with Gasteiger partial charge in [0.2, 0.25) is 5.65 Å². The van der Waals surface area contributed by atoms with E-state index in [4.69, 9.17) is 4.42 Å². The van der Waals surface area contributed by atoms with Crippen molar-refractivity contribution in [2.75, 3.05) is 18.0 Å². The Morgan fingerprint density at radius 2 is 2.08 bits per heavy atom. The van der Waals surface area contributed by atoms with Gasteiger partial charge in [-0.25, -0.2) is 9.97 Å². The largest absolute Gasteiger partial charge is 0.448 e. The number of hydrogen-bond acceptors (Lipinski definition) is 7. The molecule has 2 aliphatic heterocycles. The van der Waals surface area contributed by atoms with Gasteiger partial charge in [-0.15, -0.1) is 10.2 Å². The lowest BCUT2D eigenvalue weighted by molar-refractivity contribution is 0.226. The molecule has 2 bridgehead atoms. The zero-order valence-corrected chi connectivity index (χ0v) is 15.3. The van der Waals surface area contributed by atoms with Crippen molar-refractivity contribution in [3.63, 3.8) is 0 Å². The van der Waals surface area contributed by atoms with Crippen molar-refractivity contribution in [1.82, 2.24) is 29.5 Å². The summed E-state index contributed by atoms with van der Waals surface area (Å²) in [7, 11) is 0. The molecule has 0 spiro atoms. The minimum absolute atomic E-state index is 0.363.